The summed E-state index contributed by atoms with van der Waals surface area (Å²) in [5.74, 6) is 0.203. The largest absolute Gasteiger partial charge is 0.497 e. The lowest BCUT2D eigenvalue weighted by atomic mass is 10.1. The zero-order chi connectivity index (χ0) is 25.9. The van der Waals surface area contributed by atoms with E-state index in [4.69, 9.17) is 4.74 Å². The van der Waals surface area contributed by atoms with Crippen molar-refractivity contribution in [3.8, 4) is 5.75 Å². The van der Waals surface area contributed by atoms with E-state index in [2.05, 4.69) is 41.3 Å². The summed E-state index contributed by atoms with van der Waals surface area (Å²) in [7, 11) is -2.37. The molecule has 10 heteroatoms. The standard InChI is InChI=1S/C26H33N5O4S/c1-5-30-18-23(25(32)27-17-21-9-7-10-22(16-21)35-4)26(28-30)36(33,34)31-14-12-29(13-15-31)24-11-6-8-19(2)20(24)3/h6-11,16,18H,5,12-15,17H2,1-4H3,(H,27,32). The molecule has 1 aromatic heterocycles. The highest BCUT2D eigenvalue weighted by Gasteiger charge is 2.35. The van der Waals surface area contributed by atoms with E-state index in [1.54, 1.807) is 7.11 Å². The van der Waals surface area contributed by atoms with E-state index in [0.717, 1.165) is 11.3 Å². The van der Waals surface area contributed by atoms with Crippen LogP contribution in [0.15, 0.2) is 53.7 Å². The third-order valence-corrected chi connectivity index (χ3v) is 8.46. The Labute approximate surface area is 212 Å². The Balaban J connectivity index is 1.50. The van der Waals surface area contributed by atoms with Gasteiger partial charge in [-0.25, -0.2) is 8.42 Å². The number of benzene rings is 2. The zero-order valence-electron chi connectivity index (χ0n) is 21.2. The van der Waals surface area contributed by atoms with Gasteiger partial charge >= 0.3 is 0 Å². The van der Waals surface area contributed by atoms with Gasteiger partial charge in [-0.05, 0) is 55.7 Å². The number of amides is 1. The monoisotopic (exact) mass is 511 g/mol. The van der Waals surface area contributed by atoms with E-state index in [9.17, 15) is 13.2 Å². The van der Waals surface area contributed by atoms with Crippen LogP contribution in [0.4, 0.5) is 5.69 Å². The van der Waals surface area contributed by atoms with Crippen molar-refractivity contribution >= 4 is 21.6 Å². The molecule has 1 saturated heterocycles. The van der Waals surface area contributed by atoms with E-state index in [1.165, 1.54) is 26.3 Å². The number of hydrogen-bond donors (Lipinski definition) is 1. The molecule has 1 N–H and O–H groups in total. The maximum atomic E-state index is 13.6. The fraction of sp³-hybridized carbons (Fsp3) is 0.385. The highest BCUT2D eigenvalue weighted by Crippen LogP contribution is 2.26. The van der Waals surface area contributed by atoms with Crippen LogP contribution in [0.5, 0.6) is 5.75 Å². The summed E-state index contributed by atoms with van der Waals surface area (Å²) in [6.07, 6.45) is 1.50. The van der Waals surface area contributed by atoms with Gasteiger partial charge in [-0.15, -0.1) is 0 Å². The quantitative estimate of drug-likeness (QED) is 0.500. The molecule has 0 radical (unpaired) electrons. The zero-order valence-corrected chi connectivity index (χ0v) is 22.0. The van der Waals surface area contributed by atoms with E-state index in [1.807, 2.05) is 37.3 Å². The number of carbonyl (C=O) groups is 1. The third kappa shape index (κ3) is 5.24. The van der Waals surface area contributed by atoms with E-state index in [-0.39, 0.29) is 17.1 Å². The Morgan fingerprint density at radius 3 is 2.50 bits per heavy atom. The third-order valence-electron chi connectivity index (χ3n) is 6.62. The minimum absolute atomic E-state index is 0.0525. The molecular formula is C26H33N5O4S. The van der Waals surface area contributed by atoms with E-state index >= 15 is 0 Å². The van der Waals surface area contributed by atoms with Gasteiger partial charge in [0.25, 0.3) is 15.9 Å². The highest BCUT2D eigenvalue weighted by molar-refractivity contribution is 7.89. The van der Waals surface area contributed by atoms with Crippen LogP contribution in [0.1, 0.15) is 34.0 Å². The summed E-state index contributed by atoms with van der Waals surface area (Å²) in [4.78, 5) is 15.3. The molecule has 0 bridgehead atoms. The minimum Gasteiger partial charge on any atom is -0.497 e. The van der Waals surface area contributed by atoms with Crippen molar-refractivity contribution in [3.63, 3.8) is 0 Å². The van der Waals surface area contributed by atoms with Crippen LogP contribution >= 0.6 is 0 Å². The number of hydrogen-bond acceptors (Lipinski definition) is 6. The number of sulfonamides is 1. The average molecular weight is 512 g/mol. The van der Waals surface area contributed by atoms with Crippen molar-refractivity contribution in [3.05, 3.63) is 70.9 Å². The summed E-state index contributed by atoms with van der Waals surface area (Å²) >= 11 is 0. The SMILES string of the molecule is CCn1cc(C(=O)NCc2cccc(OC)c2)c(S(=O)(=O)N2CCN(c3cccc(C)c3C)CC2)n1. The minimum atomic E-state index is -3.95. The van der Waals surface area contributed by atoms with Gasteiger partial charge in [0.05, 0.1) is 12.7 Å². The Bertz CT molecular complexity index is 1340. The number of aryl methyl sites for hydroxylation is 2. The molecule has 1 aliphatic rings. The maximum absolute atomic E-state index is 13.6. The van der Waals surface area contributed by atoms with Gasteiger partial charge in [0.2, 0.25) is 5.03 Å². The number of carbonyl (C=O) groups excluding carboxylic acids is 1. The second-order valence-corrected chi connectivity index (χ2v) is 10.7. The first-order valence-corrected chi connectivity index (χ1v) is 13.5. The van der Waals surface area contributed by atoms with Crippen molar-refractivity contribution in [2.75, 3.05) is 38.2 Å². The number of nitrogens with one attached hydrogen (secondary N) is 1. The van der Waals surface area contributed by atoms with Crippen LogP contribution in [-0.2, 0) is 23.1 Å². The summed E-state index contributed by atoms with van der Waals surface area (Å²) in [6, 6.07) is 13.5. The number of piperazine rings is 1. The van der Waals surface area contributed by atoms with Gasteiger partial charge in [0.15, 0.2) is 0 Å². The first-order valence-electron chi connectivity index (χ1n) is 12.0. The smallest absolute Gasteiger partial charge is 0.263 e. The molecule has 36 heavy (non-hydrogen) atoms. The van der Waals surface area contributed by atoms with Crippen LogP contribution in [0, 0.1) is 13.8 Å². The van der Waals surface area contributed by atoms with Gasteiger partial charge in [-0.1, -0.05) is 24.3 Å². The summed E-state index contributed by atoms with van der Waals surface area (Å²) in [6.45, 7) is 8.47. The van der Waals surface area contributed by atoms with Crippen molar-refractivity contribution < 1.29 is 17.9 Å². The molecule has 1 fully saturated rings. The lowest BCUT2D eigenvalue weighted by molar-refractivity contribution is 0.0947. The van der Waals surface area contributed by atoms with Gasteiger partial charge in [0, 0.05) is 51.2 Å². The van der Waals surface area contributed by atoms with Crippen LogP contribution < -0.4 is 15.0 Å². The number of nitrogens with zero attached hydrogens (tertiary/aromatic N) is 4. The fourth-order valence-corrected chi connectivity index (χ4v) is 5.86. The average Bonchev–Trinajstić information content (AvgIpc) is 3.35. The summed E-state index contributed by atoms with van der Waals surface area (Å²) in [5, 5.41) is 6.89. The molecule has 192 valence electrons. The Morgan fingerprint density at radius 2 is 1.81 bits per heavy atom. The molecule has 1 aliphatic heterocycles. The molecule has 1 amide bonds. The van der Waals surface area contributed by atoms with Crippen molar-refractivity contribution in [1.29, 1.82) is 0 Å². The number of aromatic nitrogens is 2. The molecule has 0 unspecified atom stereocenters. The van der Waals surface area contributed by atoms with E-state index < -0.39 is 15.9 Å². The topological polar surface area (TPSA) is 96.8 Å². The summed E-state index contributed by atoms with van der Waals surface area (Å²) < 4.78 is 35.3. The molecule has 0 spiro atoms. The fourth-order valence-electron chi connectivity index (χ4n) is 4.34. The second-order valence-electron chi connectivity index (χ2n) is 8.85. The molecule has 0 atom stereocenters. The lowest BCUT2D eigenvalue weighted by Gasteiger charge is -2.36. The highest BCUT2D eigenvalue weighted by atomic mass is 32.2. The molecule has 3 aromatic rings. The van der Waals surface area contributed by atoms with Gasteiger partial charge in [-0.2, -0.15) is 9.40 Å². The normalized spacial score (nSPS) is 14.6. The van der Waals surface area contributed by atoms with Gasteiger partial charge in [-0.3, -0.25) is 9.48 Å². The van der Waals surface area contributed by atoms with Crippen molar-refractivity contribution in [2.24, 2.45) is 0 Å². The van der Waals surface area contributed by atoms with Crippen LogP contribution in [0.3, 0.4) is 0 Å². The van der Waals surface area contributed by atoms with Crippen LogP contribution in [0.2, 0.25) is 0 Å². The van der Waals surface area contributed by atoms with Crippen molar-refractivity contribution in [2.45, 2.75) is 38.9 Å². The lowest BCUT2D eigenvalue weighted by Crippen LogP contribution is -2.49. The molecule has 2 heterocycles. The van der Waals surface area contributed by atoms with Crippen LogP contribution in [0.25, 0.3) is 0 Å². The Morgan fingerprint density at radius 1 is 1.08 bits per heavy atom. The molecule has 0 aliphatic carbocycles. The number of anilines is 1. The Hall–Kier alpha value is -3.37. The predicted octanol–water partition coefficient (Wildman–Crippen LogP) is 2.97. The van der Waals surface area contributed by atoms with Gasteiger partial charge < -0.3 is 15.0 Å². The molecule has 9 nitrogen and oxygen atoms in total. The molecule has 2 aromatic carbocycles. The summed E-state index contributed by atoms with van der Waals surface area (Å²) in [5.41, 5.74) is 4.43. The molecular weight excluding hydrogens is 478 g/mol. The predicted molar refractivity (Wildman–Crippen MR) is 139 cm³/mol. The molecule has 4 rings (SSSR count). The van der Waals surface area contributed by atoms with E-state index in [0.29, 0.717) is 38.5 Å². The van der Waals surface area contributed by atoms with Crippen molar-refractivity contribution in [1.82, 2.24) is 19.4 Å². The first-order chi connectivity index (χ1) is 17.2. The van der Waals surface area contributed by atoms with Crippen LogP contribution in [-0.4, -0.2) is 61.7 Å². The first kappa shape index (κ1) is 25.7. The number of ether oxygens (including phenoxy) is 1. The second kappa shape index (κ2) is 10.7. The number of methoxy groups -OCH3 is 1. The number of rotatable bonds is 8. The molecule has 0 saturated carbocycles. The van der Waals surface area contributed by atoms with Gasteiger partial charge in [0.1, 0.15) is 5.75 Å². The maximum Gasteiger partial charge on any atom is 0.263 e. The Kier molecular flexibility index (Phi) is 7.65.